The third kappa shape index (κ3) is 4.82. The molecule has 3 N–H and O–H groups in total. The van der Waals surface area contributed by atoms with Gasteiger partial charge < -0.3 is 20.7 Å². The van der Waals surface area contributed by atoms with Crippen LogP contribution in [0.3, 0.4) is 0 Å². The Morgan fingerprint density at radius 3 is 2.59 bits per heavy atom. The average molecular weight is 412 g/mol. The number of fused-ring (bicyclic) bond motifs is 2. The standard InChI is InChI=1S/C20H26ClN3O2.ClH/c1-4-5-12(2)26-19-11-18(22)17(21)10-16(19)20(25)23-13-8-14-6-7-15(9-13)24(14)3;/h10-15H,6-9,22H2,1-3H3,(H,23,25);1H/t12-,13?,14?,15?;/m0./s1. The topological polar surface area (TPSA) is 67.6 Å². The van der Waals surface area contributed by atoms with Crippen molar-refractivity contribution >= 4 is 35.6 Å². The lowest BCUT2D eigenvalue weighted by atomic mass is 9.97. The van der Waals surface area contributed by atoms with E-state index in [-0.39, 0.29) is 30.5 Å². The minimum atomic E-state index is -0.341. The van der Waals surface area contributed by atoms with Gasteiger partial charge in [0.15, 0.2) is 6.10 Å². The molecule has 2 aliphatic heterocycles. The first-order valence-electron chi connectivity index (χ1n) is 9.09. The zero-order chi connectivity index (χ0) is 18.8. The number of carbonyl (C=O) groups is 1. The number of amides is 1. The molecule has 5 nitrogen and oxygen atoms in total. The molecule has 0 aromatic heterocycles. The van der Waals surface area contributed by atoms with Crippen molar-refractivity contribution in [3.05, 3.63) is 22.7 Å². The Balaban J connectivity index is 0.00000261. The lowest BCUT2D eigenvalue weighted by Gasteiger charge is -2.36. The molecule has 2 heterocycles. The number of anilines is 1. The number of halogens is 2. The van der Waals surface area contributed by atoms with Crippen molar-refractivity contribution in [1.29, 1.82) is 0 Å². The highest BCUT2D eigenvalue weighted by Gasteiger charge is 2.39. The van der Waals surface area contributed by atoms with Crippen molar-refractivity contribution in [3.63, 3.8) is 0 Å². The molecule has 1 aromatic carbocycles. The number of nitrogens with two attached hydrogens (primary N) is 1. The minimum absolute atomic E-state index is 0. The van der Waals surface area contributed by atoms with Crippen LogP contribution in [0.1, 0.15) is 49.9 Å². The molecule has 2 saturated heterocycles. The molecule has 0 saturated carbocycles. The molecule has 2 aliphatic rings. The summed E-state index contributed by atoms with van der Waals surface area (Å²) in [4.78, 5) is 15.4. The molecule has 3 rings (SSSR count). The summed E-state index contributed by atoms with van der Waals surface area (Å²) in [5.41, 5.74) is 6.68. The number of nitrogens with zero attached hydrogens (tertiary/aromatic N) is 1. The Bertz CT molecular complexity index is 746. The van der Waals surface area contributed by atoms with Crippen molar-refractivity contribution in [2.45, 2.75) is 63.8 Å². The van der Waals surface area contributed by atoms with Gasteiger partial charge in [0.2, 0.25) is 0 Å². The van der Waals surface area contributed by atoms with Gasteiger partial charge in [-0.15, -0.1) is 18.3 Å². The van der Waals surface area contributed by atoms with E-state index in [1.807, 2.05) is 6.92 Å². The van der Waals surface area contributed by atoms with Crippen LogP contribution in [0, 0.1) is 11.8 Å². The molecule has 0 aliphatic carbocycles. The van der Waals surface area contributed by atoms with Gasteiger partial charge in [-0.2, -0.15) is 0 Å². The van der Waals surface area contributed by atoms with Crippen molar-refractivity contribution in [2.24, 2.45) is 0 Å². The zero-order valence-electron chi connectivity index (χ0n) is 15.9. The maximum atomic E-state index is 12.9. The molecule has 27 heavy (non-hydrogen) atoms. The fraction of sp³-hybridized carbons (Fsp3) is 0.550. The largest absolute Gasteiger partial charge is 0.477 e. The van der Waals surface area contributed by atoms with Gasteiger partial charge in [0.1, 0.15) is 5.75 Å². The Hall–Kier alpha value is -1.61. The van der Waals surface area contributed by atoms with Crippen LogP contribution >= 0.6 is 24.0 Å². The highest BCUT2D eigenvalue weighted by Crippen LogP contribution is 2.35. The minimum Gasteiger partial charge on any atom is -0.477 e. The number of nitrogen functional groups attached to an aromatic ring is 1. The van der Waals surface area contributed by atoms with E-state index < -0.39 is 0 Å². The fourth-order valence-corrected chi connectivity index (χ4v) is 4.22. The van der Waals surface area contributed by atoms with Crippen LogP contribution in [0.15, 0.2) is 12.1 Å². The van der Waals surface area contributed by atoms with Crippen LogP contribution in [0.5, 0.6) is 5.75 Å². The van der Waals surface area contributed by atoms with Gasteiger partial charge in [-0.05, 0) is 52.6 Å². The molecule has 7 heteroatoms. The van der Waals surface area contributed by atoms with E-state index in [1.54, 1.807) is 19.1 Å². The monoisotopic (exact) mass is 411 g/mol. The van der Waals surface area contributed by atoms with Gasteiger partial charge >= 0.3 is 0 Å². The molecule has 3 atom stereocenters. The first-order valence-corrected chi connectivity index (χ1v) is 9.47. The number of rotatable bonds is 4. The highest BCUT2D eigenvalue weighted by molar-refractivity contribution is 6.33. The molecule has 1 amide bonds. The third-order valence-corrected chi connectivity index (χ3v) is 5.76. The SMILES string of the molecule is CC#C[C@H](C)Oc1cc(N)c(Cl)cc1C(=O)NC1CC2CCC(C1)N2C.Cl. The molecule has 0 spiro atoms. The predicted octanol–water partition coefficient (Wildman–Crippen LogP) is 3.49. The van der Waals surface area contributed by atoms with Crippen LogP contribution in [0.25, 0.3) is 0 Å². The summed E-state index contributed by atoms with van der Waals surface area (Å²) in [6.45, 7) is 3.58. The average Bonchev–Trinajstić information content (AvgIpc) is 2.80. The van der Waals surface area contributed by atoms with Gasteiger partial charge in [0.05, 0.1) is 16.3 Å². The van der Waals surface area contributed by atoms with E-state index >= 15 is 0 Å². The van der Waals surface area contributed by atoms with Crippen molar-refractivity contribution in [1.82, 2.24) is 10.2 Å². The quantitative estimate of drug-likeness (QED) is 0.587. The van der Waals surface area contributed by atoms with E-state index in [4.69, 9.17) is 22.1 Å². The maximum Gasteiger partial charge on any atom is 0.255 e. The Morgan fingerprint density at radius 1 is 1.37 bits per heavy atom. The maximum absolute atomic E-state index is 12.9. The van der Waals surface area contributed by atoms with Gasteiger partial charge in [0, 0.05) is 24.2 Å². The fourth-order valence-electron chi connectivity index (χ4n) is 4.06. The molecule has 2 fully saturated rings. The summed E-state index contributed by atoms with van der Waals surface area (Å²) < 4.78 is 5.82. The van der Waals surface area contributed by atoms with Crippen molar-refractivity contribution in [3.8, 4) is 17.6 Å². The molecule has 0 radical (unpaired) electrons. The highest BCUT2D eigenvalue weighted by atomic mass is 35.5. The lowest BCUT2D eigenvalue weighted by molar-refractivity contribution is 0.0878. The predicted molar refractivity (Wildman–Crippen MR) is 112 cm³/mol. The van der Waals surface area contributed by atoms with Crippen LogP contribution in [0.4, 0.5) is 5.69 Å². The molecule has 148 valence electrons. The van der Waals surface area contributed by atoms with Crippen molar-refractivity contribution < 1.29 is 9.53 Å². The number of hydrogen-bond acceptors (Lipinski definition) is 4. The Kier molecular flexibility index (Phi) is 7.27. The lowest BCUT2D eigenvalue weighted by Crippen LogP contribution is -2.48. The molecular formula is C20H27Cl2N3O2. The Labute approximate surface area is 172 Å². The summed E-state index contributed by atoms with van der Waals surface area (Å²) in [6.07, 6.45) is 4.04. The summed E-state index contributed by atoms with van der Waals surface area (Å²) in [7, 11) is 2.18. The number of hydrogen-bond donors (Lipinski definition) is 2. The van der Waals surface area contributed by atoms with Gasteiger partial charge in [-0.1, -0.05) is 17.5 Å². The third-order valence-electron chi connectivity index (χ3n) is 5.43. The van der Waals surface area contributed by atoms with Crippen LogP contribution in [-0.4, -0.2) is 42.1 Å². The van der Waals surface area contributed by atoms with E-state index in [9.17, 15) is 4.79 Å². The van der Waals surface area contributed by atoms with Gasteiger partial charge in [0.25, 0.3) is 5.91 Å². The summed E-state index contributed by atoms with van der Waals surface area (Å²) >= 11 is 6.15. The Morgan fingerprint density at radius 2 is 2.00 bits per heavy atom. The summed E-state index contributed by atoms with van der Waals surface area (Å²) in [5, 5.41) is 3.52. The zero-order valence-corrected chi connectivity index (χ0v) is 17.5. The molecular weight excluding hydrogens is 385 g/mol. The van der Waals surface area contributed by atoms with Crippen molar-refractivity contribution in [2.75, 3.05) is 12.8 Å². The second-order valence-electron chi connectivity index (χ2n) is 7.22. The number of piperidine rings is 1. The molecule has 1 aromatic rings. The summed E-state index contributed by atoms with van der Waals surface area (Å²) in [5.74, 6) is 5.97. The summed E-state index contributed by atoms with van der Waals surface area (Å²) in [6, 6.07) is 4.48. The van der Waals surface area contributed by atoms with Crippen LogP contribution < -0.4 is 15.8 Å². The van der Waals surface area contributed by atoms with Gasteiger partial charge in [-0.3, -0.25) is 4.79 Å². The smallest absolute Gasteiger partial charge is 0.255 e. The number of ether oxygens (including phenoxy) is 1. The number of benzene rings is 1. The molecule has 2 bridgehead atoms. The number of nitrogens with one attached hydrogen (secondary N) is 1. The second-order valence-corrected chi connectivity index (χ2v) is 7.62. The first kappa shape index (κ1) is 21.7. The van der Waals surface area contributed by atoms with Crippen LogP contribution in [-0.2, 0) is 0 Å². The van der Waals surface area contributed by atoms with E-state index in [0.717, 1.165) is 12.8 Å². The van der Waals surface area contributed by atoms with Gasteiger partial charge in [-0.25, -0.2) is 0 Å². The van der Waals surface area contributed by atoms with E-state index in [2.05, 4.69) is 29.1 Å². The van der Waals surface area contributed by atoms with E-state index in [0.29, 0.717) is 34.1 Å². The molecule has 2 unspecified atom stereocenters. The second kappa shape index (κ2) is 9.05. The normalized spacial score (nSPS) is 25.0. The van der Waals surface area contributed by atoms with Crippen LogP contribution in [0.2, 0.25) is 5.02 Å². The first-order chi connectivity index (χ1) is 12.4. The number of carbonyl (C=O) groups excluding carboxylic acids is 1. The van der Waals surface area contributed by atoms with E-state index in [1.165, 1.54) is 12.8 Å².